The van der Waals surface area contributed by atoms with Crippen LogP contribution in [-0.4, -0.2) is 24.5 Å². The summed E-state index contributed by atoms with van der Waals surface area (Å²) in [7, 11) is 0. The highest BCUT2D eigenvalue weighted by atomic mass is 32.2. The summed E-state index contributed by atoms with van der Waals surface area (Å²) in [4.78, 5) is 12.7. The third kappa shape index (κ3) is 6.17. The van der Waals surface area contributed by atoms with Crippen LogP contribution in [0.3, 0.4) is 0 Å². The second-order valence-corrected chi connectivity index (χ2v) is 9.89. The first kappa shape index (κ1) is 25.1. The average molecular weight is 500 g/mol. The van der Waals surface area contributed by atoms with Crippen LogP contribution in [0.25, 0.3) is 0 Å². The molecule has 0 atom stereocenters. The molecule has 0 unspecified atom stereocenters. The lowest BCUT2D eigenvalue weighted by Crippen LogP contribution is -2.30. The first-order valence-corrected chi connectivity index (χ1v) is 13.7. The fraction of sp³-hybridized carbons (Fsp3) is 0.167. The van der Waals surface area contributed by atoms with Crippen molar-refractivity contribution < 1.29 is 8.98 Å². The second kappa shape index (κ2) is 12.6. The van der Waals surface area contributed by atoms with Gasteiger partial charge in [-0.05, 0) is 46.4 Å². The lowest BCUT2D eigenvalue weighted by atomic mass is 9.84. The summed E-state index contributed by atoms with van der Waals surface area (Å²) < 4.78 is 4.97. The Labute approximate surface area is 216 Å². The Balaban J connectivity index is 1.52. The van der Waals surface area contributed by atoms with Gasteiger partial charge in [0.25, 0.3) is 5.91 Å². The zero-order chi connectivity index (χ0) is 24.3. The number of carbonyl (C=O) groups excluding carboxylic acids is 1. The smallest absolute Gasteiger partial charge is 0.251 e. The summed E-state index contributed by atoms with van der Waals surface area (Å²) in [6, 6.07) is 39.4. The molecule has 0 radical (unpaired) electrons. The number of hydrogen-bond donors (Lipinski definition) is 1. The monoisotopic (exact) mass is 499 g/mol. The summed E-state index contributed by atoms with van der Waals surface area (Å²) in [6.07, 6.45) is 1.89. The van der Waals surface area contributed by atoms with Crippen molar-refractivity contribution in [2.75, 3.05) is 18.6 Å². The van der Waals surface area contributed by atoms with Crippen molar-refractivity contribution in [2.24, 2.45) is 0 Å². The van der Waals surface area contributed by atoms with E-state index in [-0.39, 0.29) is 10.7 Å². The van der Waals surface area contributed by atoms with Gasteiger partial charge in [-0.2, -0.15) is 0 Å². The highest BCUT2D eigenvalue weighted by molar-refractivity contribution is 8.00. The molecule has 3 nitrogen and oxygen atoms in total. The molecule has 0 aliphatic rings. The fourth-order valence-electron chi connectivity index (χ4n) is 4.12. The first-order valence-electron chi connectivity index (χ1n) is 11.6. The number of amides is 1. The van der Waals surface area contributed by atoms with Crippen molar-refractivity contribution in [3.8, 4) is 0 Å². The zero-order valence-electron chi connectivity index (χ0n) is 19.7. The summed E-state index contributed by atoms with van der Waals surface area (Å²) in [5.41, 5.74) is 5.36. The number of carbonyl (C=O) groups is 1. The minimum absolute atomic E-state index is 0.0623. The summed E-state index contributed by atoms with van der Waals surface area (Å²) >= 11 is 3.18. The van der Waals surface area contributed by atoms with Crippen LogP contribution < -0.4 is 5.32 Å². The Kier molecular flexibility index (Phi) is 9.07. The van der Waals surface area contributed by atoms with Gasteiger partial charge in [-0.15, -0.1) is 11.8 Å². The van der Waals surface area contributed by atoms with E-state index >= 15 is 0 Å². The second-order valence-electron chi connectivity index (χ2n) is 8.01. The predicted octanol–water partition coefficient (Wildman–Crippen LogP) is 6.94. The van der Waals surface area contributed by atoms with E-state index in [4.69, 9.17) is 4.18 Å². The van der Waals surface area contributed by atoms with Crippen LogP contribution in [-0.2, 0) is 15.5 Å². The predicted molar refractivity (Wildman–Crippen MR) is 149 cm³/mol. The molecule has 1 N–H and O–H groups in total. The number of thioether (sulfide) groups is 1. The van der Waals surface area contributed by atoms with Gasteiger partial charge >= 0.3 is 0 Å². The van der Waals surface area contributed by atoms with Crippen LogP contribution in [0.4, 0.5) is 0 Å². The van der Waals surface area contributed by atoms with Crippen LogP contribution in [0.5, 0.6) is 0 Å². The molecule has 0 spiro atoms. The van der Waals surface area contributed by atoms with Gasteiger partial charge in [0.2, 0.25) is 0 Å². The number of hydrogen-bond acceptors (Lipinski definition) is 4. The van der Waals surface area contributed by atoms with Gasteiger partial charge in [-0.3, -0.25) is 4.79 Å². The van der Waals surface area contributed by atoms with Crippen LogP contribution in [0, 0.1) is 0 Å². The summed E-state index contributed by atoms with van der Waals surface area (Å²) in [5, 5.41) is 3.09. The Morgan fingerprint density at radius 3 is 1.69 bits per heavy atom. The topological polar surface area (TPSA) is 38.3 Å². The zero-order valence-corrected chi connectivity index (χ0v) is 21.4. The highest BCUT2D eigenvalue weighted by Crippen LogP contribution is 2.48. The standard InChI is InChI=1S/C30H29NO2S2/c1-34-33-23-24-17-19-25(20-18-24)29(32)31-21-22-35-30(26-11-5-2-6-12-26,27-13-7-3-8-14-27)28-15-9-4-10-16-28/h2-20H,21-23H2,1H3,(H,31,32). The molecule has 0 bridgehead atoms. The molecule has 178 valence electrons. The minimum atomic E-state index is -0.382. The summed E-state index contributed by atoms with van der Waals surface area (Å²) in [5.74, 6) is 0.692. The van der Waals surface area contributed by atoms with Crippen LogP contribution >= 0.6 is 23.8 Å². The quantitative estimate of drug-likeness (QED) is 0.138. The molecule has 4 aromatic carbocycles. The molecule has 0 saturated carbocycles. The summed E-state index contributed by atoms with van der Waals surface area (Å²) in [6.45, 7) is 1.09. The number of nitrogens with one attached hydrogen (secondary N) is 1. The molecule has 0 aliphatic carbocycles. The molecule has 0 aliphatic heterocycles. The molecule has 4 aromatic rings. The van der Waals surface area contributed by atoms with E-state index in [2.05, 4.69) is 78.1 Å². The maximum atomic E-state index is 12.7. The SMILES string of the molecule is CSOCc1ccc(C(=O)NCCSC(c2ccccc2)(c2ccccc2)c2ccccc2)cc1. The number of rotatable bonds is 11. The Hall–Kier alpha value is -2.99. The van der Waals surface area contributed by atoms with E-state index < -0.39 is 0 Å². The van der Waals surface area contributed by atoms with Crippen molar-refractivity contribution in [3.63, 3.8) is 0 Å². The van der Waals surface area contributed by atoms with E-state index in [0.29, 0.717) is 18.7 Å². The Morgan fingerprint density at radius 2 is 1.23 bits per heavy atom. The molecule has 0 fully saturated rings. The van der Waals surface area contributed by atoms with E-state index in [1.807, 2.05) is 60.5 Å². The lowest BCUT2D eigenvalue weighted by molar-refractivity contribution is 0.0956. The number of benzene rings is 4. The highest BCUT2D eigenvalue weighted by Gasteiger charge is 2.36. The molecular formula is C30H29NO2S2. The van der Waals surface area contributed by atoms with E-state index in [0.717, 1.165) is 11.3 Å². The van der Waals surface area contributed by atoms with Gasteiger partial charge in [0.1, 0.15) is 0 Å². The van der Waals surface area contributed by atoms with Crippen LogP contribution in [0.1, 0.15) is 32.6 Å². The largest absolute Gasteiger partial charge is 0.351 e. The van der Waals surface area contributed by atoms with E-state index in [9.17, 15) is 4.79 Å². The lowest BCUT2D eigenvalue weighted by Gasteiger charge is -2.35. The normalized spacial score (nSPS) is 11.2. The van der Waals surface area contributed by atoms with Crippen molar-refractivity contribution in [3.05, 3.63) is 143 Å². The molecule has 0 heterocycles. The van der Waals surface area contributed by atoms with Crippen LogP contribution in [0.2, 0.25) is 0 Å². The third-order valence-electron chi connectivity index (χ3n) is 5.81. The van der Waals surface area contributed by atoms with Crippen molar-refractivity contribution in [2.45, 2.75) is 11.4 Å². The molecule has 35 heavy (non-hydrogen) atoms. The fourth-order valence-corrected chi connectivity index (χ4v) is 5.79. The molecule has 1 amide bonds. The van der Waals surface area contributed by atoms with Gasteiger partial charge in [-0.1, -0.05) is 103 Å². The van der Waals surface area contributed by atoms with Gasteiger partial charge < -0.3 is 9.50 Å². The van der Waals surface area contributed by atoms with Gasteiger partial charge in [0.15, 0.2) is 0 Å². The molecule has 0 aromatic heterocycles. The molecular weight excluding hydrogens is 470 g/mol. The van der Waals surface area contributed by atoms with Gasteiger partial charge in [0.05, 0.1) is 11.4 Å². The maximum Gasteiger partial charge on any atom is 0.251 e. The van der Waals surface area contributed by atoms with Gasteiger partial charge in [-0.25, -0.2) is 0 Å². The van der Waals surface area contributed by atoms with Crippen molar-refractivity contribution >= 4 is 29.7 Å². The van der Waals surface area contributed by atoms with E-state index in [1.165, 1.54) is 28.7 Å². The molecule has 0 saturated heterocycles. The molecule has 5 heteroatoms. The van der Waals surface area contributed by atoms with E-state index in [1.54, 1.807) is 0 Å². The van der Waals surface area contributed by atoms with Crippen molar-refractivity contribution in [1.29, 1.82) is 0 Å². The van der Waals surface area contributed by atoms with Gasteiger partial charge in [0, 0.05) is 24.1 Å². The Bertz CT molecular complexity index is 1090. The first-order chi connectivity index (χ1) is 17.2. The molecule has 4 rings (SSSR count). The maximum absolute atomic E-state index is 12.7. The minimum Gasteiger partial charge on any atom is -0.351 e. The van der Waals surface area contributed by atoms with Crippen molar-refractivity contribution in [1.82, 2.24) is 5.32 Å². The third-order valence-corrected chi connectivity index (χ3v) is 7.71. The van der Waals surface area contributed by atoms with Crippen LogP contribution in [0.15, 0.2) is 115 Å². The average Bonchev–Trinajstić information content (AvgIpc) is 2.94. The Morgan fingerprint density at radius 1 is 0.743 bits per heavy atom.